The van der Waals surface area contributed by atoms with Crippen LogP contribution in [0.1, 0.15) is 47.3 Å². The lowest BCUT2D eigenvalue weighted by Crippen LogP contribution is -2.29. The molecule has 0 aliphatic rings. The number of aromatic nitrogens is 4. The molecule has 1 amide bonds. The van der Waals surface area contributed by atoms with Crippen molar-refractivity contribution in [1.29, 1.82) is 0 Å². The third kappa shape index (κ3) is 3.20. The third-order valence-electron chi connectivity index (χ3n) is 4.36. The number of benzene rings is 1. The summed E-state index contributed by atoms with van der Waals surface area (Å²) in [7, 11) is 0. The first-order valence-corrected chi connectivity index (χ1v) is 8.47. The van der Waals surface area contributed by atoms with Crippen molar-refractivity contribution in [2.45, 2.75) is 40.3 Å². The van der Waals surface area contributed by atoms with E-state index in [4.69, 9.17) is 0 Å². The number of carbonyl (C=O) groups is 1. The van der Waals surface area contributed by atoms with Crippen LogP contribution in [-0.4, -0.2) is 25.5 Å². The van der Waals surface area contributed by atoms with Crippen LogP contribution in [0.15, 0.2) is 42.6 Å². The predicted molar refractivity (Wildman–Crippen MR) is 96.8 cm³/mol. The number of nitrogens with zero attached hydrogens (tertiary/aromatic N) is 4. The van der Waals surface area contributed by atoms with Crippen molar-refractivity contribution in [1.82, 2.24) is 24.9 Å². The summed E-state index contributed by atoms with van der Waals surface area (Å²) in [6, 6.07) is 11.6. The van der Waals surface area contributed by atoms with Gasteiger partial charge in [0.15, 0.2) is 0 Å². The topological polar surface area (TPSA) is 64.7 Å². The molecule has 0 radical (unpaired) electrons. The zero-order valence-electron chi connectivity index (χ0n) is 15.0. The number of nitrogens with one attached hydrogen (secondary N) is 1. The first-order valence-electron chi connectivity index (χ1n) is 8.47. The number of carbonyl (C=O) groups excluding carboxylic acids is 1. The Kier molecular flexibility index (Phi) is 4.70. The van der Waals surface area contributed by atoms with Crippen molar-refractivity contribution in [3.63, 3.8) is 0 Å². The van der Waals surface area contributed by atoms with E-state index >= 15 is 0 Å². The number of hydrogen-bond acceptors (Lipinski definition) is 3. The monoisotopic (exact) mass is 337 g/mol. The van der Waals surface area contributed by atoms with Crippen LogP contribution in [0.2, 0.25) is 0 Å². The summed E-state index contributed by atoms with van der Waals surface area (Å²) in [6.45, 7) is 8.55. The Labute approximate surface area is 147 Å². The van der Waals surface area contributed by atoms with Gasteiger partial charge in [0.2, 0.25) is 0 Å². The summed E-state index contributed by atoms with van der Waals surface area (Å²) in [5.74, 6) is -0.117. The van der Waals surface area contributed by atoms with Crippen molar-refractivity contribution in [3.8, 4) is 5.69 Å². The van der Waals surface area contributed by atoms with E-state index in [0.717, 1.165) is 29.3 Å². The molecule has 0 bridgehead atoms. The molecule has 0 saturated carbocycles. The number of hydrogen-bond donors (Lipinski definition) is 1. The molecule has 0 saturated heterocycles. The van der Waals surface area contributed by atoms with Gasteiger partial charge in [0.25, 0.3) is 5.91 Å². The first-order chi connectivity index (χ1) is 12.0. The molecular formula is C19H23N5O. The van der Waals surface area contributed by atoms with Crippen LogP contribution in [-0.2, 0) is 6.54 Å². The van der Waals surface area contributed by atoms with Gasteiger partial charge < -0.3 is 5.32 Å². The van der Waals surface area contributed by atoms with Crippen LogP contribution in [0.3, 0.4) is 0 Å². The molecule has 130 valence electrons. The number of para-hydroxylation sites is 1. The number of amides is 1. The Morgan fingerprint density at radius 1 is 1.20 bits per heavy atom. The van der Waals surface area contributed by atoms with E-state index in [2.05, 4.69) is 15.5 Å². The second kappa shape index (κ2) is 6.93. The van der Waals surface area contributed by atoms with Crippen molar-refractivity contribution in [2.24, 2.45) is 0 Å². The zero-order valence-corrected chi connectivity index (χ0v) is 15.0. The lowest BCUT2D eigenvalue weighted by atomic mass is 10.1. The van der Waals surface area contributed by atoms with E-state index in [1.165, 1.54) is 0 Å². The standard InChI is InChI=1S/C19H23N5O/c1-5-23-17(11-12-20-23)13(2)21-19(25)18-14(3)22-24(15(18)4)16-9-7-6-8-10-16/h6-13H,5H2,1-4H3,(H,21,25). The molecule has 0 spiro atoms. The lowest BCUT2D eigenvalue weighted by Gasteiger charge is -2.15. The maximum Gasteiger partial charge on any atom is 0.255 e. The van der Waals surface area contributed by atoms with Crippen molar-refractivity contribution in [3.05, 3.63) is 65.2 Å². The first kappa shape index (κ1) is 17.0. The largest absolute Gasteiger partial charge is 0.344 e. The van der Waals surface area contributed by atoms with Crippen molar-refractivity contribution in [2.75, 3.05) is 0 Å². The van der Waals surface area contributed by atoms with Gasteiger partial charge in [-0.25, -0.2) is 4.68 Å². The highest BCUT2D eigenvalue weighted by molar-refractivity contribution is 5.96. The van der Waals surface area contributed by atoms with Gasteiger partial charge in [0.1, 0.15) is 0 Å². The van der Waals surface area contributed by atoms with Gasteiger partial charge in [-0.3, -0.25) is 9.48 Å². The van der Waals surface area contributed by atoms with Crippen LogP contribution in [0, 0.1) is 13.8 Å². The van der Waals surface area contributed by atoms with Gasteiger partial charge in [-0.2, -0.15) is 10.2 Å². The fourth-order valence-corrected chi connectivity index (χ4v) is 3.11. The molecule has 25 heavy (non-hydrogen) atoms. The summed E-state index contributed by atoms with van der Waals surface area (Å²) >= 11 is 0. The quantitative estimate of drug-likeness (QED) is 0.777. The normalized spacial score (nSPS) is 12.2. The SMILES string of the molecule is CCn1nccc1C(C)NC(=O)c1c(C)nn(-c2ccccc2)c1C. The maximum absolute atomic E-state index is 12.8. The van der Waals surface area contributed by atoms with E-state index in [1.807, 2.05) is 73.5 Å². The fraction of sp³-hybridized carbons (Fsp3) is 0.316. The second-order valence-electron chi connectivity index (χ2n) is 6.06. The molecule has 1 aromatic carbocycles. The Morgan fingerprint density at radius 2 is 1.92 bits per heavy atom. The third-order valence-corrected chi connectivity index (χ3v) is 4.36. The highest BCUT2D eigenvalue weighted by atomic mass is 16.1. The molecule has 3 rings (SSSR count). The Bertz CT molecular complexity index is 879. The minimum Gasteiger partial charge on any atom is -0.344 e. The summed E-state index contributed by atoms with van der Waals surface area (Å²) in [5, 5.41) is 11.9. The average molecular weight is 337 g/mol. The summed E-state index contributed by atoms with van der Waals surface area (Å²) in [5.41, 5.74) is 4.10. The molecule has 1 N–H and O–H groups in total. The van der Waals surface area contributed by atoms with E-state index < -0.39 is 0 Å². The molecular weight excluding hydrogens is 314 g/mol. The molecule has 1 unspecified atom stereocenters. The summed E-state index contributed by atoms with van der Waals surface area (Å²) in [4.78, 5) is 12.8. The van der Waals surface area contributed by atoms with E-state index in [-0.39, 0.29) is 11.9 Å². The molecule has 6 heteroatoms. The highest BCUT2D eigenvalue weighted by Gasteiger charge is 2.22. The van der Waals surface area contributed by atoms with Crippen LogP contribution in [0.5, 0.6) is 0 Å². The molecule has 2 heterocycles. The Morgan fingerprint density at radius 3 is 2.60 bits per heavy atom. The van der Waals surface area contributed by atoms with E-state index in [0.29, 0.717) is 5.56 Å². The fourth-order valence-electron chi connectivity index (χ4n) is 3.11. The average Bonchev–Trinajstić information content (AvgIpc) is 3.19. The molecule has 2 aromatic heterocycles. The van der Waals surface area contributed by atoms with Crippen LogP contribution >= 0.6 is 0 Å². The zero-order chi connectivity index (χ0) is 18.0. The molecule has 1 atom stereocenters. The number of rotatable bonds is 5. The van der Waals surface area contributed by atoms with Gasteiger partial charge in [0.05, 0.1) is 34.4 Å². The Hall–Kier alpha value is -2.89. The van der Waals surface area contributed by atoms with Crippen LogP contribution < -0.4 is 5.32 Å². The minimum atomic E-state index is -0.131. The predicted octanol–water partition coefficient (Wildman–Crippen LogP) is 3.20. The van der Waals surface area contributed by atoms with Crippen molar-refractivity contribution < 1.29 is 4.79 Å². The molecule has 6 nitrogen and oxygen atoms in total. The Balaban J connectivity index is 1.87. The van der Waals surface area contributed by atoms with Gasteiger partial charge >= 0.3 is 0 Å². The summed E-state index contributed by atoms with van der Waals surface area (Å²) in [6.07, 6.45) is 1.76. The molecule has 0 aliphatic heterocycles. The van der Waals surface area contributed by atoms with E-state index in [9.17, 15) is 4.79 Å². The van der Waals surface area contributed by atoms with Gasteiger partial charge in [-0.05, 0) is 45.9 Å². The van der Waals surface area contributed by atoms with Crippen LogP contribution in [0.4, 0.5) is 0 Å². The highest BCUT2D eigenvalue weighted by Crippen LogP contribution is 2.19. The molecule has 0 fully saturated rings. The maximum atomic E-state index is 12.8. The number of aryl methyl sites for hydroxylation is 2. The second-order valence-corrected chi connectivity index (χ2v) is 6.06. The van der Waals surface area contributed by atoms with Gasteiger partial charge in [0, 0.05) is 12.7 Å². The summed E-state index contributed by atoms with van der Waals surface area (Å²) < 4.78 is 3.70. The van der Waals surface area contributed by atoms with Crippen molar-refractivity contribution >= 4 is 5.91 Å². The van der Waals surface area contributed by atoms with Gasteiger partial charge in [-0.15, -0.1) is 0 Å². The lowest BCUT2D eigenvalue weighted by molar-refractivity contribution is 0.0937. The van der Waals surface area contributed by atoms with Crippen LogP contribution in [0.25, 0.3) is 5.69 Å². The molecule has 0 aliphatic carbocycles. The molecule has 3 aromatic rings. The smallest absolute Gasteiger partial charge is 0.255 e. The van der Waals surface area contributed by atoms with Gasteiger partial charge in [-0.1, -0.05) is 18.2 Å². The minimum absolute atomic E-state index is 0.117. The van der Waals surface area contributed by atoms with E-state index in [1.54, 1.807) is 6.20 Å².